The first-order chi connectivity index (χ1) is 12.7. The first-order valence-electron chi connectivity index (χ1n) is 8.85. The van der Waals surface area contributed by atoms with Gasteiger partial charge in [-0.25, -0.2) is 0 Å². The van der Waals surface area contributed by atoms with Gasteiger partial charge >= 0.3 is 0 Å². The van der Waals surface area contributed by atoms with Gasteiger partial charge in [0.1, 0.15) is 17.6 Å². The van der Waals surface area contributed by atoms with Crippen molar-refractivity contribution < 1.29 is 19.4 Å². The smallest absolute Gasteiger partial charge is 0.256 e. The highest BCUT2D eigenvalue weighted by Crippen LogP contribution is 2.40. The number of ether oxygens (including phenoxy) is 2. The molecule has 134 valence electrons. The Bertz CT molecular complexity index is 864. The number of phenols is 1. The summed E-state index contributed by atoms with van der Waals surface area (Å²) >= 11 is 0. The van der Waals surface area contributed by atoms with Crippen LogP contribution in [0.3, 0.4) is 0 Å². The Morgan fingerprint density at radius 1 is 1.15 bits per heavy atom. The van der Waals surface area contributed by atoms with Gasteiger partial charge in [0.15, 0.2) is 0 Å². The second-order valence-corrected chi connectivity index (χ2v) is 6.53. The van der Waals surface area contributed by atoms with E-state index in [0.717, 1.165) is 42.9 Å². The van der Waals surface area contributed by atoms with Crippen LogP contribution in [0, 0.1) is 0 Å². The minimum Gasteiger partial charge on any atom is -0.507 e. The third-order valence-electron chi connectivity index (χ3n) is 4.84. The Morgan fingerprint density at radius 2 is 1.88 bits per heavy atom. The Labute approximate surface area is 152 Å². The first kappa shape index (κ1) is 16.7. The van der Waals surface area contributed by atoms with Gasteiger partial charge in [-0.05, 0) is 30.7 Å². The predicted molar refractivity (Wildman–Crippen MR) is 100 cm³/mol. The molecule has 2 N–H and O–H groups in total. The van der Waals surface area contributed by atoms with Crippen LogP contribution in [0.1, 0.15) is 25.3 Å². The lowest BCUT2D eigenvalue weighted by Gasteiger charge is -2.23. The van der Waals surface area contributed by atoms with Crippen LogP contribution in [0.5, 0.6) is 11.5 Å². The van der Waals surface area contributed by atoms with Gasteiger partial charge in [-0.1, -0.05) is 18.2 Å². The molecule has 0 unspecified atom stereocenters. The zero-order valence-electron chi connectivity index (χ0n) is 14.6. The Kier molecular flexibility index (Phi) is 4.39. The Balaban J connectivity index is 1.60. The summed E-state index contributed by atoms with van der Waals surface area (Å²) in [6.07, 6.45) is 3.78. The van der Waals surface area contributed by atoms with Crippen LogP contribution >= 0.6 is 0 Å². The average Bonchev–Trinajstić information content (AvgIpc) is 2.96. The van der Waals surface area contributed by atoms with E-state index in [4.69, 9.17) is 9.47 Å². The molecule has 0 aliphatic carbocycles. The molecule has 2 aliphatic rings. The van der Waals surface area contributed by atoms with E-state index in [1.807, 2.05) is 37.3 Å². The summed E-state index contributed by atoms with van der Waals surface area (Å²) in [7, 11) is 0. The minimum absolute atomic E-state index is 0.138. The van der Waals surface area contributed by atoms with E-state index in [0.29, 0.717) is 16.8 Å². The van der Waals surface area contributed by atoms with E-state index in [1.54, 1.807) is 12.1 Å². The molecule has 1 fully saturated rings. The molecule has 2 aromatic carbocycles. The van der Waals surface area contributed by atoms with Gasteiger partial charge in [0.2, 0.25) is 0 Å². The molecule has 0 spiro atoms. The number of amides is 1. The van der Waals surface area contributed by atoms with Crippen molar-refractivity contribution >= 4 is 17.2 Å². The van der Waals surface area contributed by atoms with E-state index < -0.39 is 0 Å². The summed E-state index contributed by atoms with van der Waals surface area (Å²) in [5, 5.41) is 13.2. The summed E-state index contributed by atoms with van der Waals surface area (Å²) in [6.45, 7) is 3.32. The summed E-state index contributed by atoms with van der Waals surface area (Å²) < 4.78 is 11.3. The second-order valence-electron chi connectivity index (χ2n) is 6.53. The minimum atomic E-state index is -0.140. The quantitative estimate of drug-likeness (QED) is 0.821. The fraction of sp³-hybridized carbons (Fsp3) is 0.286. The van der Waals surface area contributed by atoms with Gasteiger partial charge in [-0.2, -0.15) is 0 Å². The molecule has 2 heterocycles. The van der Waals surface area contributed by atoms with E-state index in [1.165, 1.54) is 0 Å². The summed E-state index contributed by atoms with van der Waals surface area (Å²) in [6, 6.07) is 11.1. The van der Waals surface area contributed by atoms with Gasteiger partial charge in [0.25, 0.3) is 5.91 Å². The van der Waals surface area contributed by atoms with Crippen molar-refractivity contribution in [1.29, 1.82) is 0 Å². The number of carbonyl (C=O) groups is 1. The third kappa shape index (κ3) is 3.06. The molecule has 0 bridgehead atoms. The van der Waals surface area contributed by atoms with Crippen LogP contribution in [0.15, 0.2) is 42.5 Å². The number of fused-ring (bicyclic) bond motifs is 1. The van der Waals surface area contributed by atoms with Crippen LogP contribution in [0.4, 0.5) is 5.69 Å². The number of anilines is 1. The molecule has 5 nitrogen and oxygen atoms in total. The van der Waals surface area contributed by atoms with E-state index >= 15 is 0 Å². The lowest BCUT2D eigenvalue weighted by atomic mass is 9.98. The molecule has 4 rings (SSSR count). The molecule has 2 aromatic rings. The number of hydrogen-bond donors (Lipinski definition) is 2. The molecule has 0 saturated carbocycles. The molecular weight excluding hydrogens is 330 g/mol. The number of phenolic OH excluding ortho intramolecular Hbond substituents is 1. The number of benzene rings is 2. The number of rotatable bonds is 3. The van der Waals surface area contributed by atoms with Crippen molar-refractivity contribution in [3.63, 3.8) is 0 Å². The van der Waals surface area contributed by atoms with E-state index in [-0.39, 0.29) is 17.8 Å². The van der Waals surface area contributed by atoms with Gasteiger partial charge < -0.3 is 19.9 Å². The maximum absolute atomic E-state index is 12.0. The lowest BCUT2D eigenvalue weighted by molar-refractivity contribution is -0.110. The fourth-order valence-electron chi connectivity index (χ4n) is 3.44. The van der Waals surface area contributed by atoms with Crippen molar-refractivity contribution in [2.75, 3.05) is 18.5 Å². The van der Waals surface area contributed by atoms with Crippen molar-refractivity contribution in [3.8, 4) is 22.6 Å². The molecule has 1 saturated heterocycles. The number of aromatic hydroxyl groups is 1. The van der Waals surface area contributed by atoms with Crippen LogP contribution in [0.2, 0.25) is 0 Å². The molecule has 1 amide bonds. The fourth-order valence-corrected chi connectivity index (χ4v) is 3.44. The summed E-state index contributed by atoms with van der Waals surface area (Å²) in [4.78, 5) is 12.0. The maximum Gasteiger partial charge on any atom is 0.256 e. The first-order valence-corrected chi connectivity index (χ1v) is 8.85. The van der Waals surface area contributed by atoms with Gasteiger partial charge in [0.05, 0.1) is 18.9 Å². The number of hydrogen-bond acceptors (Lipinski definition) is 4. The van der Waals surface area contributed by atoms with Gasteiger partial charge in [0, 0.05) is 35.6 Å². The van der Waals surface area contributed by atoms with Crippen molar-refractivity contribution in [3.05, 3.63) is 48.0 Å². The molecule has 2 aliphatic heterocycles. The standard InChI is InChI=1S/C21H21NO4/c1-2-16-18-11-17(20(23)12-19(18)22-21(16)24)13-3-5-14(6-4-13)26-15-7-9-25-10-8-15/h2-6,11-12,15,23H,7-10H2,1H3,(H,22,24)/b16-2-. The summed E-state index contributed by atoms with van der Waals surface area (Å²) in [5.74, 6) is 0.811. The average molecular weight is 351 g/mol. The lowest BCUT2D eigenvalue weighted by Crippen LogP contribution is -2.25. The molecule has 0 atom stereocenters. The molecule has 0 radical (unpaired) electrons. The Hall–Kier alpha value is -2.79. The van der Waals surface area contributed by atoms with Gasteiger partial charge in [-0.3, -0.25) is 4.79 Å². The SMILES string of the molecule is C/C=C1\C(=O)Nc2cc(O)c(-c3ccc(OC4CCOCC4)cc3)cc21. The zero-order chi connectivity index (χ0) is 18.1. The van der Waals surface area contributed by atoms with E-state index in [9.17, 15) is 9.90 Å². The number of nitrogens with one attached hydrogen (secondary N) is 1. The highest BCUT2D eigenvalue weighted by molar-refractivity contribution is 6.31. The van der Waals surface area contributed by atoms with Crippen LogP contribution in [0.25, 0.3) is 16.7 Å². The topological polar surface area (TPSA) is 67.8 Å². The Morgan fingerprint density at radius 3 is 2.58 bits per heavy atom. The number of carbonyl (C=O) groups excluding carboxylic acids is 1. The zero-order valence-corrected chi connectivity index (χ0v) is 14.6. The van der Waals surface area contributed by atoms with Gasteiger partial charge in [-0.15, -0.1) is 0 Å². The molecule has 5 heteroatoms. The maximum atomic E-state index is 12.0. The van der Waals surface area contributed by atoms with Crippen LogP contribution in [-0.4, -0.2) is 30.3 Å². The largest absolute Gasteiger partial charge is 0.507 e. The number of allylic oxidation sites excluding steroid dienone is 1. The predicted octanol–water partition coefficient (Wildman–Crippen LogP) is 3.97. The van der Waals surface area contributed by atoms with Crippen molar-refractivity contribution in [2.24, 2.45) is 0 Å². The highest BCUT2D eigenvalue weighted by Gasteiger charge is 2.25. The summed E-state index contributed by atoms with van der Waals surface area (Å²) in [5.41, 5.74) is 3.65. The van der Waals surface area contributed by atoms with Crippen LogP contribution in [-0.2, 0) is 9.53 Å². The molecule has 26 heavy (non-hydrogen) atoms. The normalized spacial score (nSPS) is 18.7. The monoisotopic (exact) mass is 351 g/mol. The van der Waals surface area contributed by atoms with E-state index in [2.05, 4.69) is 5.32 Å². The molecule has 0 aromatic heterocycles. The second kappa shape index (κ2) is 6.84. The molecular formula is C21H21NO4. The van der Waals surface area contributed by atoms with Crippen molar-refractivity contribution in [2.45, 2.75) is 25.9 Å². The van der Waals surface area contributed by atoms with Crippen LogP contribution < -0.4 is 10.1 Å². The van der Waals surface area contributed by atoms with Crippen molar-refractivity contribution in [1.82, 2.24) is 0 Å². The highest BCUT2D eigenvalue weighted by atomic mass is 16.5. The third-order valence-corrected chi connectivity index (χ3v) is 4.84.